The number of nitrogens with one attached hydrogen (secondary N) is 1. The van der Waals surface area contributed by atoms with Crippen LogP contribution in [0, 0.1) is 13.8 Å². The zero-order valence-corrected chi connectivity index (χ0v) is 11.9. The molecule has 0 bridgehead atoms. The van der Waals surface area contributed by atoms with Gasteiger partial charge in [0.15, 0.2) is 0 Å². The van der Waals surface area contributed by atoms with Gasteiger partial charge in [0.05, 0.1) is 10.7 Å². The fourth-order valence-electron chi connectivity index (χ4n) is 2.21. The van der Waals surface area contributed by atoms with Gasteiger partial charge in [-0.2, -0.15) is 5.10 Å². The molecule has 4 nitrogen and oxygen atoms in total. The molecule has 1 N–H and O–H groups in total. The lowest BCUT2D eigenvalue weighted by Gasteiger charge is -2.13. The lowest BCUT2D eigenvalue weighted by Crippen LogP contribution is -2.17. The Hall–Kier alpha value is -1.39. The van der Waals surface area contributed by atoms with Gasteiger partial charge >= 0.3 is 0 Å². The van der Waals surface area contributed by atoms with Crippen molar-refractivity contribution >= 4 is 11.6 Å². The Morgan fingerprint density at radius 2 is 2.16 bits per heavy atom. The van der Waals surface area contributed by atoms with Crippen LogP contribution < -0.4 is 5.32 Å². The summed E-state index contributed by atoms with van der Waals surface area (Å²) in [6.45, 7) is 4.66. The van der Waals surface area contributed by atoms with Gasteiger partial charge < -0.3 is 5.32 Å². The van der Waals surface area contributed by atoms with Gasteiger partial charge in [-0.05, 0) is 38.3 Å². The zero-order valence-electron chi connectivity index (χ0n) is 11.2. The largest absolute Gasteiger partial charge is 0.310 e. The standard InChI is InChI=1S/C14H17ClN4/c1-9-17-10(2)19(18-9)14-11(4-3-5-13(14)15)8-16-12-6-7-12/h3-5,12,16H,6-8H2,1-2H3. The van der Waals surface area contributed by atoms with E-state index in [1.54, 1.807) is 0 Å². The van der Waals surface area contributed by atoms with E-state index in [1.165, 1.54) is 12.8 Å². The lowest BCUT2D eigenvalue weighted by atomic mass is 10.1. The molecule has 0 unspecified atom stereocenters. The van der Waals surface area contributed by atoms with E-state index in [-0.39, 0.29) is 0 Å². The van der Waals surface area contributed by atoms with Crippen molar-refractivity contribution in [3.8, 4) is 5.69 Å². The summed E-state index contributed by atoms with van der Waals surface area (Å²) < 4.78 is 1.83. The maximum absolute atomic E-state index is 6.36. The molecule has 100 valence electrons. The molecule has 1 aromatic carbocycles. The number of hydrogen-bond acceptors (Lipinski definition) is 3. The average Bonchev–Trinajstić information content (AvgIpc) is 3.12. The van der Waals surface area contributed by atoms with E-state index in [1.807, 2.05) is 30.7 Å². The van der Waals surface area contributed by atoms with Gasteiger partial charge in [-0.1, -0.05) is 23.7 Å². The molecule has 1 heterocycles. The summed E-state index contributed by atoms with van der Waals surface area (Å²) in [6, 6.07) is 6.64. The van der Waals surface area contributed by atoms with E-state index in [9.17, 15) is 0 Å². The first-order chi connectivity index (χ1) is 9.15. The number of halogens is 1. The Labute approximate surface area is 117 Å². The second-order valence-corrected chi connectivity index (χ2v) is 5.43. The number of nitrogens with zero attached hydrogens (tertiary/aromatic N) is 3. The molecule has 1 aliphatic carbocycles. The first kappa shape index (κ1) is 12.6. The van der Waals surface area contributed by atoms with Crippen LogP contribution in [0.5, 0.6) is 0 Å². The minimum Gasteiger partial charge on any atom is -0.310 e. The number of benzene rings is 1. The van der Waals surface area contributed by atoms with E-state index in [0.29, 0.717) is 11.1 Å². The number of hydrogen-bond donors (Lipinski definition) is 1. The van der Waals surface area contributed by atoms with Gasteiger partial charge in [-0.3, -0.25) is 0 Å². The third-order valence-electron chi connectivity index (χ3n) is 3.32. The van der Waals surface area contributed by atoms with Crippen LogP contribution in [0.3, 0.4) is 0 Å². The number of para-hydroxylation sites is 1. The third-order valence-corrected chi connectivity index (χ3v) is 3.62. The second kappa shape index (κ2) is 4.94. The van der Waals surface area contributed by atoms with Crippen molar-refractivity contribution in [1.29, 1.82) is 0 Å². The summed E-state index contributed by atoms with van der Waals surface area (Å²) in [5.41, 5.74) is 2.10. The topological polar surface area (TPSA) is 42.7 Å². The minimum atomic E-state index is 0.672. The van der Waals surface area contributed by atoms with Gasteiger partial charge in [0.2, 0.25) is 0 Å². The molecular formula is C14H17ClN4. The van der Waals surface area contributed by atoms with Crippen LogP contribution in [-0.2, 0) is 6.54 Å². The van der Waals surface area contributed by atoms with E-state index in [0.717, 1.165) is 29.4 Å². The van der Waals surface area contributed by atoms with E-state index >= 15 is 0 Å². The number of rotatable bonds is 4. The maximum atomic E-state index is 6.36. The smallest absolute Gasteiger partial charge is 0.148 e. The SMILES string of the molecule is Cc1nc(C)n(-c2c(Cl)cccc2CNC2CC2)n1. The van der Waals surface area contributed by atoms with Crippen molar-refractivity contribution in [3.63, 3.8) is 0 Å². The lowest BCUT2D eigenvalue weighted by molar-refractivity contribution is 0.679. The molecule has 2 aromatic rings. The van der Waals surface area contributed by atoms with Gasteiger partial charge in [0.1, 0.15) is 11.6 Å². The quantitative estimate of drug-likeness (QED) is 0.934. The first-order valence-electron chi connectivity index (χ1n) is 6.56. The summed E-state index contributed by atoms with van der Waals surface area (Å²) in [5, 5.41) is 8.67. The Morgan fingerprint density at radius 1 is 1.37 bits per heavy atom. The fraction of sp³-hybridized carbons (Fsp3) is 0.429. The summed E-state index contributed by atoms with van der Waals surface area (Å²) in [6.07, 6.45) is 2.55. The molecule has 0 atom stereocenters. The van der Waals surface area contributed by atoms with Crippen LogP contribution in [0.2, 0.25) is 5.02 Å². The van der Waals surface area contributed by atoms with E-state index in [2.05, 4.69) is 21.5 Å². The molecular weight excluding hydrogens is 260 g/mol. The van der Waals surface area contributed by atoms with Crippen LogP contribution >= 0.6 is 11.6 Å². The van der Waals surface area contributed by atoms with Crippen LogP contribution in [0.15, 0.2) is 18.2 Å². The highest BCUT2D eigenvalue weighted by atomic mass is 35.5. The zero-order chi connectivity index (χ0) is 13.4. The number of aryl methyl sites for hydroxylation is 2. The summed E-state index contributed by atoms with van der Waals surface area (Å²) >= 11 is 6.36. The monoisotopic (exact) mass is 276 g/mol. The predicted octanol–water partition coefficient (Wildman–Crippen LogP) is 2.79. The van der Waals surface area contributed by atoms with Crippen molar-refractivity contribution in [2.45, 2.75) is 39.3 Å². The van der Waals surface area contributed by atoms with Gasteiger partial charge in [0.25, 0.3) is 0 Å². The molecule has 1 saturated carbocycles. The van der Waals surface area contributed by atoms with Gasteiger partial charge in [-0.25, -0.2) is 9.67 Å². The molecule has 0 spiro atoms. The van der Waals surface area contributed by atoms with Crippen molar-refractivity contribution < 1.29 is 0 Å². The molecule has 0 amide bonds. The Morgan fingerprint density at radius 3 is 2.79 bits per heavy atom. The highest BCUT2D eigenvalue weighted by Crippen LogP contribution is 2.26. The van der Waals surface area contributed by atoms with Crippen molar-refractivity contribution in [3.05, 3.63) is 40.4 Å². The van der Waals surface area contributed by atoms with Crippen molar-refractivity contribution in [2.75, 3.05) is 0 Å². The molecule has 1 aliphatic rings. The van der Waals surface area contributed by atoms with Crippen LogP contribution in [0.1, 0.15) is 30.1 Å². The van der Waals surface area contributed by atoms with Crippen molar-refractivity contribution in [2.24, 2.45) is 0 Å². The van der Waals surface area contributed by atoms with E-state index < -0.39 is 0 Å². The predicted molar refractivity (Wildman–Crippen MR) is 75.7 cm³/mol. The molecule has 1 aromatic heterocycles. The molecule has 5 heteroatoms. The minimum absolute atomic E-state index is 0.672. The molecule has 0 radical (unpaired) electrons. The molecule has 1 fully saturated rings. The first-order valence-corrected chi connectivity index (χ1v) is 6.94. The second-order valence-electron chi connectivity index (χ2n) is 5.02. The Kier molecular flexibility index (Phi) is 3.29. The van der Waals surface area contributed by atoms with Crippen LogP contribution in [-0.4, -0.2) is 20.8 Å². The molecule has 0 saturated heterocycles. The third kappa shape index (κ3) is 2.65. The Bertz CT molecular complexity index is 601. The average molecular weight is 277 g/mol. The molecule has 19 heavy (non-hydrogen) atoms. The summed E-state index contributed by atoms with van der Waals surface area (Å²) in [4.78, 5) is 4.35. The fourth-order valence-corrected chi connectivity index (χ4v) is 2.49. The molecule has 3 rings (SSSR count). The van der Waals surface area contributed by atoms with Gasteiger partial charge in [-0.15, -0.1) is 0 Å². The van der Waals surface area contributed by atoms with Crippen LogP contribution in [0.4, 0.5) is 0 Å². The van der Waals surface area contributed by atoms with Gasteiger partial charge in [0, 0.05) is 12.6 Å². The maximum Gasteiger partial charge on any atom is 0.148 e. The highest BCUT2D eigenvalue weighted by Gasteiger charge is 2.21. The summed E-state index contributed by atoms with van der Waals surface area (Å²) in [5.74, 6) is 1.62. The Balaban J connectivity index is 1.99. The van der Waals surface area contributed by atoms with E-state index in [4.69, 9.17) is 11.6 Å². The summed E-state index contributed by atoms with van der Waals surface area (Å²) in [7, 11) is 0. The van der Waals surface area contributed by atoms with Crippen LogP contribution in [0.25, 0.3) is 5.69 Å². The van der Waals surface area contributed by atoms with Crippen molar-refractivity contribution in [1.82, 2.24) is 20.1 Å². The highest BCUT2D eigenvalue weighted by molar-refractivity contribution is 6.32. The number of aromatic nitrogens is 3. The normalized spacial score (nSPS) is 14.9. The molecule has 0 aliphatic heterocycles.